The Morgan fingerprint density at radius 3 is 2.28 bits per heavy atom. The molecule has 1 aromatic rings. The third kappa shape index (κ3) is 3.06. The fraction of sp³-hybridized carbons (Fsp3) is 0.583. The van der Waals surface area contributed by atoms with Gasteiger partial charge in [-0.2, -0.15) is 13.2 Å². The number of carbonyl (C=O) groups excluding carboxylic acids is 1. The zero-order valence-corrected chi connectivity index (χ0v) is 11.0. The summed E-state index contributed by atoms with van der Waals surface area (Å²) in [5.74, 6) is -1.58. The van der Waals surface area contributed by atoms with Crippen molar-refractivity contribution < 1.29 is 18.0 Å². The summed E-state index contributed by atoms with van der Waals surface area (Å²) in [4.78, 5) is 12.6. The number of ketones is 1. The number of alkyl halides is 3. The normalized spacial score (nSPS) is 25.1. The van der Waals surface area contributed by atoms with E-state index in [9.17, 15) is 18.0 Å². The lowest BCUT2D eigenvalue weighted by atomic mass is 9.79. The van der Waals surface area contributed by atoms with Crippen LogP contribution in [0.1, 0.15) is 35.4 Å². The molecule has 0 unspecified atom stereocenters. The summed E-state index contributed by atoms with van der Waals surface area (Å²) in [7, 11) is 0. The van der Waals surface area contributed by atoms with Gasteiger partial charge in [0.15, 0.2) is 5.78 Å². The van der Waals surface area contributed by atoms with Gasteiger partial charge in [0.05, 0.1) is 15.1 Å². The molecular formula is C12H12ClF3OS. The number of carbonyl (C=O) groups is 1. The maximum atomic E-state index is 12.5. The Balaban J connectivity index is 1.96. The molecule has 1 aliphatic rings. The van der Waals surface area contributed by atoms with Crippen molar-refractivity contribution >= 4 is 28.7 Å². The molecule has 0 aromatic carbocycles. The fourth-order valence-corrected chi connectivity index (χ4v) is 3.39. The van der Waals surface area contributed by atoms with Crippen molar-refractivity contribution in [3.8, 4) is 0 Å². The Hall–Kier alpha value is -0.550. The standard InChI is InChI=1S/C12H12ClF3OS/c13-10-6-5-9(18-10)11(17)7-1-3-8(4-2-7)12(14,15)16/h5-8H,1-4H2. The lowest BCUT2D eigenvalue weighted by Gasteiger charge is -2.28. The van der Waals surface area contributed by atoms with Gasteiger partial charge in [-0.05, 0) is 37.8 Å². The van der Waals surface area contributed by atoms with E-state index in [1.807, 2.05) is 0 Å². The molecule has 0 aliphatic heterocycles. The maximum absolute atomic E-state index is 12.5. The number of halogens is 4. The second-order valence-electron chi connectivity index (χ2n) is 4.56. The van der Waals surface area contributed by atoms with Gasteiger partial charge in [0.25, 0.3) is 0 Å². The second kappa shape index (κ2) is 5.21. The molecule has 1 saturated carbocycles. The summed E-state index contributed by atoms with van der Waals surface area (Å²) in [6, 6.07) is 3.28. The minimum absolute atomic E-state index is 0.0546. The zero-order chi connectivity index (χ0) is 13.3. The Labute approximate surface area is 112 Å². The van der Waals surface area contributed by atoms with Gasteiger partial charge in [0.2, 0.25) is 0 Å². The van der Waals surface area contributed by atoms with Crippen molar-refractivity contribution in [1.29, 1.82) is 0 Å². The molecule has 1 fully saturated rings. The number of thiophene rings is 1. The third-order valence-electron chi connectivity index (χ3n) is 3.38. The van der Waals surface area contributed by atoms with Crippen molar-refractivity contribution in [3.63, 3.8) is 0 Å². The third-order valence-corrected chi connectivity index (χ3v) is 4.62. The van der Waals surface area contributed by atoms with E-state index in [1.54, 1.807) is 12.1 Å². The van der Waals surface area contributed by atoms with Crippen LogP contribution in [0.3, 0.4) is 0 Å². The van der Waals surface area contributed by atoms with E-state index in [2.05, 4.69) is 0 Å². The number of rotatable bonds is 2. The highest BCUT2D eigenvalue weighted by Gasteiger charge is 2.42. The highest BCUT2D eigenvalue weighted by atomic mass is 35.5. The van der Waals surface area contributed by atoms with Crippen molar-refractivity contribution in [2.45, 2.75) is 31.9 Å². The minimum atomic E-state index is -4.12. The van der Waals surface area contributed by atoms with Crippen LogP contribution in [0.4, 0.5) is 13.2 Å². The van der Waals surface area contributed by atoms with E-state index in [1.165, 1.54) is 11.3 Å². The number of hydrogen-bond acceptors (Lipinski definition) is 2. The SMILES string of the molecule is O=C(c1ccc(Cl)s1)C1CCC(C(F)(F)F)CC1. The van der Waals surface area contributed by atoms with Gasteiger partial charge in [0.1, 0.15) is 0 Å². The maximum Gasteiger partial charge on any atom is 0.391 e. The number of Topliss-reactive ketones (excluding diaryl/α,β-unsaturated/α-hetero) is 1. The van der Waals surface area contributed by atoms with E-state index in [-0.39, 0.29) is 24.5 Å². The molecule has 0 bridgehead atoms. The molecule has 1 aliphatic carbocycles. The molecule has 2 rings (SSSR count). The van der Waals surface area contributed by atoms with Crippen molar-refractivity contribution in [3.05, 3.63) is 21.3 Å². The summed E-state index contributed by atoms with van der Waals surface area (Å²) in [6.07, 6.45) is -3.38. The first-order chi connectivity index (χ1) is 8.38. The van der Waals surface area contributed by atoms with Gasteiger partial charge in [0, 0.05) is 5.92 Å². The molecule has 0 radical (unpaired) electrons. The molecule has 0 atom stereocenters. The molecular weight excluding hydrogens is 285 g/mol. The zero-order valence-electron chi connectivity index (χ0n) is 9.47. The minimum Gasteiger partial charge on any atom is -0.293 e. The molecule has 100 valence electrons. The van der Waals surface area contributed by atoms with E-state index in [0.717, 1.165) is 0 Å². The van der Waals surface area contributed by atoms with Crippen LogP contribution in [-0.4, -0.2) is 12.0 Å². The Bertz CT molecular complexity index is 433. The van der Waals surface area contributed by atoms with Crippen LogP contribution >= 0.6 is 22.9 Å². The van der Waals surface area contributed by atoms with Crippen LogP contribution in [0.25, 0.3) is 0 Å². The Morgan fingerprint density at radius 1 is 1.22 bits per heavy atom. The quantitative estimate of drug-likeness (QED) is 0.706. The molecule has 18 heavy (non-hydrogen) atoms. The summed E-state index contributed by atoms with van der Waals surface area (Å²) in [6.45, 7) is 0. The highest BCUT2D eigenvalue weighted by Crippen LogP contribution is 2.40. The van der Waals surface area contributed by atoms with E-state index >= 15 is 0 Å². The second-order valence-corrected chi connectivity index (χ2v) is 6.27. The lowest BCUT2D eigenvalue weighted by molar-refractivity contribution is -0.183. The van der Waals surface area contributed by atoms with Gasteiger partial charge < -0.3 is 0 Å². The summed E-state index contributed by atoms with van der Waals surface area (Å²) >= 11 is 6.93. The van der Waals surface area contributed by atoms with Crippen LogP contribution in [0.15, 0.2) is 12.1 Å². The van der Waals surface area contributed by atoms with Crippen LogP contribution < -0.4 is 0 Å². The molecule has 0 saturated heterocycles. The van der Waals surface area contributed by atoms with E-state index in [4.69, 9.17) is 11.6 Å². The fourth-order valence-electron chi connectivity index (χ4n) is 2.33. The van der Waals surface area contributed by atoms with E-state index in [0.29, 0.717) is 22.1 Å². The molecule has 0 spiro atoms. The Kier molecular flexibility index (Phi) is 4.02. The van der Waals surface area contributed by atoms with Crippen molar-refractivity contribution in [2.24, 2.45) is 11.8 Å². The number of hydrogen-bond donors (Lipinski definition) is 0. The van der Waals surface area contributed by atoms with Gasteiger partial charge >= 0.3 is 6.18 Å². The first kappa shape index (κ1) is 13.9. The topological polar surface area (TPSA) is 17.1 Å². The molecule has 6 heteroatoms. The predicted octanol–water partition coefficient (Wildman–Crippen LogP) is 4.95. The van der Waals surface area contributed by atoms with Crippen molar-refractivity contribution in [1.82, 2.24) is 0 Å². The van der Waals surface area contributed by atoms with Gasteiger partial charge in [-0.1, -0.05) is 11.6 Å². The Morgan fingerprint density at radius 2 is 1.83 bits per heavy atom. The van der Waals surface area contributed by atoms with Gasteiger partial charge in [-0.3, -0.25) is 4.79 Å². The van der Waals surface area contributed by atoms with Crippen LogP contribution in [0.5, 0.6) is 0 Å². The van der Waals surface area contributed by atoms with Crippen LogP contribution in [-0.2, 0) is 0 Å². The molecule has 0 N–H and O–H groups in total. The highest BCUT2D eigenvalue weighted by molar-refractivity contribution is 7.18. The lowest BCUT2D eigenvalue weighted by Crippen LogP contribution is -2.30. The average molecular weight is 297 g/mol. The summed E-state index contributed by atoms with van der Waals surface area (Å²) < 4.78 is 38.0. The monoisotopic (exact) mass is 296 g/mol. The summed E-state index contributed by atoms with van der Waals surface area (Å²) in [5, 5.41) is 0. The van der Waals surface area contributed by atoms with Crippen LogP contribution in [0, 0.1) is 11.8 Å². The first-order valence-electron chi connectivity index (χ1n) is 5.74. The molecule has 1 aromatic heterocycles. The molecule has 0 amide bonds. The van der Waals surface area contributed by atoms with Crippen molar-refractivity contribution in [2.75, 3.05) is 0 Å². The molecule has 1 nitrogen and oxygen atoms in total. The molecule has 1 heterocycles. The van der Waals surface area contributed by atoms with E-state index < -0.39 is 12.1 Å². The largest absolute Gasteiger partial charge is 0.391 e. The summed E-state index contributed by atoms with van der Waals surface area (Å²) in [5.41, 5.74) is 0. The van der Waals surface area contributed by atoms with Crippen LogP contribution in [0.2, 0.25) is 4.34 Å². The van der Waals surface area contributed by atoms with Gasteiger partial charge in [-0.15, -0.1) is 11.3 Å². The van der Waals surface area contributed by atoms with Gasteiger partial charge in [-0.25, -0.2) is 0 Å². The average Bonchev–Trinajstić information content (AvgIpc) is 2.74. The smallest absolute Gasteiger partial charge is 0.293 e. The predicted molar refractivity (Wildman–Crippen MR) is 65.2 cm³/mol. The first-order valence-corrected chi connectivity index (χ1v) is 6.93.